The molecule has 1 aromatic carbocycles. The molecule has 0 fully saturated rings. The van der Waals surface area contributed by atoms with Gasteiger partial charge in [0.25, 0.3) is 0 Å². The Kier molecular flexibility index (Phi) is 3.54. The molecule has 0 aliphatic heterocycles. The van der Waals surface area contributed by atoms with Crippen LogP contribution < -0.4 is 5.32 Å². The molecule has 3 nitrogen and oxygen atoms in total. The Morgan fingerprint density at radius 2 is 2.06 bits per heavy atom. The van der Waals surface area contributed by atoms with E-state index in [4.69, 9.17) is 11.6 Å². The van der Waals surface area contributed by atoms with Gasteiger partial charge in [-0.3, -0.25) is 4.98 Å². The van der Waals surface area contributed by atoms with Crippen molar-refractivity contribution in [2.45, 2.75) is 6.92 Å². The second kappa shape index (κ2) is 5.10. The minimum absolute atomic E-state index is 0.350. The van der Waals surface area contributed by atoms with Crippen LogP contribution >= 0.6 is 11.6 Å². The van der Waals surface area contributed by atoms with Gasteiger partial charge < -0.3 is 5.32 Å². The number of nitrogens with zero attached hydrogens (tertiary/aromatic N) is 2. The number of nitrogens with one attached hydrogen (secondary N) is 1. The third kappa shape index (κ3) is 2.53. The molecule has 0 spiro atoms. The summed E-state index contributed by atoms with van der Waals surface area (Å²) in [5.74, 6) is 0.250. The zero-order valence-corrected chi connectivity index (χ0v) is 10.0. The number of hydrogen-bond acceptors (Lipinski definition) is 3. The van der Waals surface area contributed by atoms with Crippen molar-refractivity contribution in [3.63, 3.8) is 0 Å². The second-order valence-corrected chi connectivity index (χ2v) is 3.82. The molecule has 2 rings (SSSR count). The Hall–Kier alpha value is -1.68. The number of aromatic nitrogens is 2. The molecule has 1 N–H and O–H groups in total. The van der Waals surface area contributed by atoms with Crippen LogP contribution in [0.15, 0.2) is 30.6 Å². The van der Waals surface area contributed by atoms with Crippen LogP contribution in [0.25, 0.3) is 11.3 Å². The molecule has 0 aliphatic rings. The number of hydrogen-bond donors (Lipinski definition) is 1. The average Bonchev–Trinajstić information content (AvgIpc) is 2.34. The maximum atomic E-state index is 13.2. The van der Waals surface area contributed by atoms with E-state index in [1.165, 1.54) is 18.2 Å². The van der Waals surface area contributed by atoms with Crippen LogP contribution in [0.5, 0.6) is 0 Å². The van der Waals surface area contributed by atoms with E-state index in [9.17, 15) is 4.39 Å². The normalized spacial score (nSPS) is 10.3. The third-order valence-corrected chi connectivity index (χ3v) is 2.56. The average molecular weight is 252 g/mol. The zero-order valence-electron chi connectivity index (χ0n) is 9.24. The summed E-state index contributed by atoms with van der Waals surface area (Å²) in [4.78, 5) is 8.35. The summed E-state index contributed by atoms with van der Waals surface area (Å²) in [5.41, 5.74) is 1.09. The summed E-state index contributed by atoms with van der Waals surface area (Å²) in [5, 5.41) is 3.52. The summed E-state index contributed by atoms with van der Waals surface area (Å²) in [7, 11) is 0. The Balaban J connectivity index is 2.55. The summed E-state index contributed by atoms with van der Waals surface area (Å²) in [6.07, 6.45) is 3.13. The van der Waals surface area contributed by atoms with Gasteiger partial charge in [0.15, 0.2) is 5.82 Å². The molecular formula is C12H11ClFN3. The molecule has 0 radical (unpaired) electrons. The molecule has 0 bridgehead atoms. The molecular weight excluding hydrogens is 241 g/mol. The Morgan fingerprint density at radius 1 is 1.29 bits per heavy atom. The molecule has 0 saturated carbocycles. The Bertz CT molecular complexity index is 531. The van der Waals surface area contributed by atoms with E-state index in [-0.39, 0.29) is 5.82 Å². The van der Waals surface area contributed by atoms with Gasteiger partial charge in [0.05, 0.1) is 5.02 Å². The predicted molar refractivity (Wildman–Crippen MR) is 66.6 cm³/mol. The largest absolute Gasteiger partial charge is 0.369 e. The first-order valence-corrected chi connectivity index (χ1v) is 5.60. The minimum Gasteiger partial charge on any atom is -0.369 e. The van der Waals surface area contributed by atoms with E-state index in [0.717, 1.165) is 0 Å². The van der Waals surface area contributed by atoms with Gasteiger partial charge in [0.1, 0.15) is 11.5 Å². The first kappa shape index (κ1) is 11.8. The van der Waals surface area contributed by atoms with Gasteiger partial charge in [-0.2, -0.15) is 0 Å². The summed E-state index contributed by atoms with van der Waals surface area (Å²) in [6.45, 7) is 2.66. The van der Waals surface area contributed by atoms with Crippen molar-refractivity contribution in [2.24, 2.45) is 0 Å². The Labute approximate surface area is 104 Å². The first-order chi connectivity index (χ1) is 8.22. The molecule has 0 aliphatic carbocycles. The van der Waals surface area contributed by atoms with Crippen molar-refractivity contribution in [1.29, 1.82) is 0 Å². The number of rotatable bonds is 3. The molecule has 0 atom stereocenters. The van der Waals surface area contributed by atoms with Gasteiger partial charge in [0, 0.05) is 24.5 Å². The van der Waals surface area contributed by atoms with Crippen molar-refractivity contribution < 1.29 is 4.39 Å². The lowest BCUT2D eigenvalue weighted by molar-refractivity contribution is 0.628. The van der Waals surface area contributed by atoms with E-state index in [1.807, 2.05) is 6.92 Å². The van der Waals surface area contributed by atoms with Crippen molar-refractivity contribution >= 4 is 17.4 Å². The van der Waals surface area contributed by atoms with Crippen molar-refractivity contribution in [1.82, 2.24) is 9.97 Å². The standard InChI is InChI=1S/C12H11ClFN3/c1-2-15-12-11(16-5-6-17-12)9-7-8(14)3-4-10(9)13/h3-7H,2H2,1H3,(H,15,17). The smallest absolute Gasteiger partial charge is 0.152 e. The summed E-state index contributed by atoms with van der Waals surface area (Å²) >= 11 is 6.04. The molecule has 0 amide bonds. The number of benzene rings is 1. The van der Waals surface area contributed by atoms with Crippen LogP contribution in [0, 0.1) is 5.82 Å². The van der Waals surface area contributed by atoms with Crippen LogP contribution in [0.2, 0.25) is 5.02 Å². The third-order valence-electron chi connectivity index (χ3n) is 2.23. The highest BCUT2D eigenvalue weighted by Gasteiger charge is 2.11. The summed E-state index contributed by atoms with van der Waals surface area (Å²) in [6, 6.07) is 4.18. The number of halogens is 2. The van der Waals surface area contributed by atoms with Crippen LogP contribution in [0.3, 0.4) is 0 Å². The fraction of sp³-hybridized carbons (Fsp3) is 0.167. The van der Waals surface area contributed by atoms with Crippen LogP contribution in [-0.4, -0.2) is 16.5 Å². The van der Waals surface area contributed by atoms with Gasteiger partial charge in [0.2, 0.25) is 0 Å². The molecule has 5 heteroatoms. The van der Waals surface area contributed by atoms with Crippen LogP contribution in [-0.2, 0) is 0 Å². The highest BCUT2D eigenvalue weighted by Crippen LogP contribution is 2.30. The topological polar surface area (TPSA) is 37.8 Å². The molecule has 0 saturated heterocycles. The van der Waals surface area contributed by atoms with Gasteiger partial charge in [-0.1, -0.05) is 11.6 Å². The van der Waals surface area contributed by atoms with Crippen molar-refractivity contribution in [3.8, 4) is 11.3 Å². The lowest BCUT2D eigenvalue weighted by Crippen LogP contribution is -2.02. The zero-order chi connectivity index (χ0) is 12.3. The lowest BCUT2D eigenvalue weighted by atomic mass is 10.1. The molecule has 88 valence electrons. The van der Waals surface area contributed by atoms with E-state index >= 15 is 0 Å². The fourth-order valence-corrected chi connectivity index (χ4v) is 1.72. The van der Waals surface area contributed by atoms with Crippen molar-refractivity contribution in [2.75, 3.05) is 11.9 Å². The van der Waals surface area contributed by atoms with Crippen molar-refractivity contribution in [3.05, 3.63) is 41.4 Å². The second-order valence-electron chi connectivity index (χ2n) is 3.41. The quantitative estimate of drug-likeness (QED) is 0.909. The van der Waals surface area contributed by atoms with E-state index in [0.29, 0.717) is 28.6 Å². The Morgan fingerprint density at radius 3 is 2.82 bits per heavy atom. The molecule has 1 aromatic heterocycles. The van der Waals surface area contributed by atoms with Crippen LogP contribution in [0.1, 0.15) is 6.92 Å². The monoisotopic (exact) mass is 251 g/mol. The highest BCUT2D eigenvalue weighted by atomic mass is 35.5. The van der Waals surface area contributed by atoms with E-state index < -0.39 is 0 Å². The van der Waals surface area contributed by atoms with Gasteiger partial charge >= 0.3 is 0 Å². The van der Waals surface area contributed by atoms with E-state index in [2.05, 4.69) is 15.3 Å². The van der Waals surface area contributed by atoms with Gasteiger partial charge in [-0.05, 0) is 25.1 Å². The maximum Gasteiger partial charge on any atom is 0.152 e. The molecule has 0 unspecified atom stereocenters. The SMILES string of the molecule is CCNc1nccnc1-c1cc(F)ccc1Cl. The van der Waals surface area contributed by atoms with Crippen LogP contribution in [0.4, 0.5) is 10.2 Å². The highest BCUT2D eigenvalue weighted by molar-refractivity contribution is 6.33. The molecule has 1 heterocycles. The predicted octanol–water partition coefficient (Wildman–Crippen LogP) is 3.37. The minimum atomic E-state index is -0.350. The summed E-state index contributed by atoms with van der Waals surface area (Å²) < 4.78 is 13.2. The molecule has 2 aromatic rings. The van der Waals surface area contributed by atoms with Gasteiger partial charge in [-0.15, -0.1) is 0 Å². The number of anilines is 1. The van der Waals surface area contributed by atoms with Gasteiger partial charge in [-0.25, -0.2) is 9.37 Å². The molecule has 17 heavy (non-hydrogen) atoms. The lowest BCUT2D eigenvalue weighted by Gasteiger charge is -2.09. The first-order valence-electron chi connectivity index (χ1n) is 5.22. The fourth-order valence-electron chi connectivity index (χ4n) is 1.51. The van der Waals surface area contributed by atoms with E-state index in [1.54, 1.807) is 12.4 Å². The maximum absolute atomic E-state index is 13.2.